The molecule has 32 heavy (non-hydrogen) atoms. The number of carbonyl (C=O) groups is 3. The van der Waals surface area contributed by atoms with Gasteiger partial charge in [-0.1, -0.05) is 54.5 Å². The van der Waals surface area contributed by atoms with Crippen LogP contribution in [0.2, 0.25) is 0 Å². The van der Waals surface area contributed by atoms with Gasteiger partial charge < -0.3 is 20.2 Å². The van der Waals surface area contributed by atoms with E-state index in [4.69, 9.17) is 5.11 Å². The number of amides is 2. The molecule has 1 saturated heterocycles. The minimum atomic E-state index is -1.01. The summed E-state index contributed by atoms with van der Waals surface area (Å²) in [7, 11) is 1.59. The van der Waals surface area contributed by atoms with Gasteiger partial charge in [-0.3, -0.25) is 9.59 Å². The molecule has 1 heterocycles. The second-order valence-electron chi connectivity index (χ2n) is 9.32. The molecule has 0 aliphatic carbocycles. The molecule has 0 aromatic rings. The third-order valence-corrected chi connectivity index (χ3v) is 4.74. The zero-order valence-corrected chi connectivity index (χ0v) is 21.3. The van der Waals surface area contributed by atoms with Crippen LogP contribution in [-0.4, -0.2) is 72.0 Å². The lowest BCUT2D eigenvalue weighted by Gasteiger charge is -2.29. The number of carbonyl (C=O) groups excluding carboxylic acids is 2. The van der Waals surface area contributed by atoms with Crippen LogP contribution in [0.3, 0.4) is 0 Å². The maximum atomic E-state index is 11.7. The topological polar surface area (TPSA) is 90.0 Å². The molecule has 190 valence electrons. The third kappa shape index (κ3) is 17.8. The number of hydrogen-bond donors (Lipinski definition) is 2. The van der Waals surface area contributed by atoms with Gasteiger partial charge in [-0.25, -0.2) is 4.79 Å². The first-order chi connectivity index (χ1) is 14.3. The lowest BCUT2D eigenvalue weighted by molar-refractivity contribution is -0.133. The second kappa shape index (κ2) is 19.8. The van der Waals surface area contributed by atoms with Crippen molar-refractivity contribution < 1.29 is 19.5 Å². The molecule has 0 unspecified atom stereocenters. The molecule has 0 spiro atoms. The molecule has 1 rings (SSSR count). The van der Waals surface area contributed by atoms with Crippen LogP contribution in [0, 0.1) is 11.8 Å². The molecule has 0 aromatic heterocycles. The fourth-order valence-electron chi connectivity index (χ4n) is 2.93. The Morgan fingerprint density at radius 2 is 1.50 bits per heavy atom. The lowest BCUT2D eigenvalue weighted by atomic mass is 10.00. The van der Waals surface area contributed by atoms with Gasteiger partial charge in [0.1, 0.15) is 0 Å². The highest BCUT2D eigenvalue weighted by Crippen LogP contribution is 2.13. The number of likely N-dealkylation sites (N-methyl/N-ethyl adjacent to an activating group) is 1. The van der Waals surface area contributed by atoms with E-state index < -0.39 is 5.97 Å². The summed E-state index contributed by atoms with van der Waals surface area (Å²) in [5.74, 6) is -0.368. The Hall–Kier alpha value is -1.89. The van der Waals surface area contributed by atoms with Gasteiger partial charge in [0.15, 0.2) is 0 Å². The second-order valence-corrected chi connectivity index (χ2v) is 9.32. The van der Waals surface area contributed by atoms with E-state index in [2.05, 4.69) is 44.8 Å². The van der Waals surface area contributed by atoms with E-state index in [1.165, 1.54) is 44.2 Å². The van der Waals surface area contributed by atoms with Crippen molar-refractivity contribution in [3.63, 3.8) is 0 Å². The summed E-state index contributed by atoms with van der Waals surface area (Å²) < 4.78 is 0. The number of carboxylic acid groups (broad SMARTS) is 1. The summed E-state index contributed by atoms with van der Waals surface area (Å²) >= 11 is 0. The summed E-state index contributed by atoms with van der Waals surface area (Å²) in [5.41, 5.74) is 0.191. The number of likely N-dealkylation sites (tertiary alicyclic amines) is 1. The summed E-state index contributed by atoms with van der Waals surface area (Å²) in [6, 6.07) is 0.451. The number of hydrogen-bond acceptors (Lipinski definition) is 4. The number of aliphatic carboxylic acids is 1. The molecular formula is C25H51N3O4. The Morgan fingerprint density at radius 1 is 1.03 bits per heavy atom. The molecule has 1 fully saturated rings. The molecule has 2 amide bonds. The first kappa shape index (κ1) is 34.7. The highest BCUT2D eigenvalue weighted by atomic mass is 16.4. The van der Waals surface area contributed by atoms with Gasteiger partial charge in [-0.15, -0.1) is 0 Å². The molecule has 0 saturated carbocycles. The fourth-order valence-corrected chi connectivity index (χ4v) is 2.93. The normalized spacial score (nSPS) is 14.9. The van der Waals surface area contributed by atoms with E-state index in [9.17, 15) is 14.4 Å². The fraction of sp³-hybridized carbons (Fsp3) is 0.800. The Bertz CT molecular complexity index is 537. The minimum absolute atomic E-state index is 0. The monoisotopic (exact) mass is 457 g/mol. The molecule has 7 nitrogen and oxygen atoms in total. The van der Waals surface area contributed by atoms with Crippen molar-refractivity contribution in [1.29, 1.82) is 0 Å². The summed E-state index contributed by atoms with van der Waals surface area (Å²) in [6.07, 6.45) is 6.28. The van der Waals surface area contributed by atoms with Gasteiger partial charge in [0, 0.05) is 18.7 Å². The first-order valence-electron chi connectivity index (χ1n) is 11.4. The van der Waals surface area contributed by atoms with Gasteiger partial charge in [-0.05, 0) is 58.5 Å². The lowest BCUT2D eigenvalue weighted by Crippen LogP contribution is -2.43. The summed E-state index contributed by atoms with van der Waals surface area (Å²) in [4.78, 5) is 36.6. The zero-order valence-electron chi connectivity index (χ0n) is 21.3. The predicted octanol–water partition coefficient (Wildman–Crippen LogP) is 4.43. The maximum Gasteiger partial charge on any atom is 0.331 e. The van der Waals surface area contributed by atoms with Gasteiger partial charge >= 0.3 is 5.97 Å². The third-order valence-electron chi connectivity index (χ3n) is 4.74. The van der Waals surface area contributed by atoms with Crippen LogP contribution in [0.1, 0.15) is 82.1 Å². The van der Waals surface area contributed by atoms with Crippen LogP contribution in [0.5, 0.6) is 0 Å². The Kier molecular flexibility index (Phi) is 21.4. The minimum Gasteiger partial charge on any atom is -0.478 e. The molecule has 1 atom stereocenters. The van der Waals surface area contributed by atoms with Crippen molar-refractivity contribution in [2.24, 2.45) is 11.8 Å². The first-order valence-corrected chi connectivity index (χ1v) is 11.4. The Labute approximate surface area is 197 Å². The molecule has 2 N–H and O–H groups in total. The van der Waals surface area contributed by atoms with E-state index in [1.807, 2.05) is 13.8 Å². The van der Waals surface area contributed by atoms with Crippen molar-refractivity contribution in [1.82, 2.24) is 15.1 Å². The van der Waals surface area contributed by atoms with Crippen LogP contribution in [0.25, 0.3) is 0 Å². The maximum absolute atomic E-state index is 11.7. The van der Waals surface area contributed by atoms with Gasteiger partial charge in [0.05, 0.1) is 12.6 Å². The van der Waals surface area contributed by atoms with E-state index in [-0.39, 0.29) is 37.4 Å². The molecule has 0 bridgehead atoms. The van der Waals surface area contributed by atoms with Crippen molar-refractivity contribution >= 4 is 18.3 Å². The van der Waals surface area contributed by atoms with Crippen LogP contribution in [0.4, 0.5) is 0 Å². The molecule has 0 radical (unpaired) electrons. The van der Waals surface area contributed by atoms with E-state index in [0.717, 1.165) is 12.0 Å². The molecule has 1 aliphatic heterocycles. The van der Waals surface area contributed by atoms with Crippen molar-refractivity contribution in [2.45, 2.75) is 94.2 Å². The van der Waals surface area contributed by atoms with E-state index in [0.29, 0.717) is 6.41 Å². The standard InChI is InChI=1S/C12H20N2O4.C8H17N.C4H10.CH4/c1-8(2)10(5-9(3)12(17)18)14(4)11(16)6-13-7-15;1-8(2)9-6-4-3-5-7-9;1-4(2)3;/h5,7-8,10H,6H2,1-4H3,(H,13,15)(H,17,18);8H,3-7H2,1-2H3;4H,1-3H3;1H4/b9-5+;;;/t10-;;;/m1.../s1. The number of carboxylic acids is 1. The Balaban J connectivity index is -0.000000497. The average molecular weight is 458 g/mol. The summed E-state index contributed by atoms with van der Waals surface area (Å²) in [5, 5.41) is 11.1. The van der Waals surface area contributed by atoms with Gasteiger partial charge in [0.2, 0.25) is 12.3 Å². The summed E-state index contributed by atoms with van der Waals surface area (Å²) in [6.45, 7) is 18.9. The molecule has 1 aliphatic rings. The molecule has 0 aromatic carbocycles. The number of piperidine rings is 1. The smallest absolute Gasteiger partial charge is 0.331 e. The average Bonchev–Trinajstić information content (AvgIpc) is 2.69. The van der Waals surface area contributed by atoms with Crippen molar-refractivity contribution in [3.05, 3.63) is 11.6 Å². The molecule has 7 heteroatoms. The highest BCUT2D eigenvalue weighted by Gasteiger charge is 2.21. The van der Waals surface area contributed by atoms with Crippen LogP contribution in [-0.2, 0) is 14.4 Å². The predicted molar refractivity (Wildman–Crippen MR) is 135 cm³/mol. The highest BCUT2D eigenvalue weighted by molar-refractivity contribution is 5.86. The quantitative estimate of drug-likeness (QED) is 0.416. The largest absolute Gasteiger partial charge is 0.478 e. The number of rotatable bonds is 8. The van der Waals surface area contributed by atoms with Crippen LogP contribution < -0.4 is 5.32 Å². The van der Waals surface area contributed by atoms with Crippen molar-refractivity contribution in [2.75, 3.05) is 26.7 Å². The van der Waals surface area contributed by atoms with Crippen LogP contribution in [0.15, 0.2) is 11.6 Å². The Morgan fingerprint density at radius 3 is 1.81 bits per heavy atom. The van der Waals surface area contributed by atoms with Crippen LogP contribution >= 0.6 is 0 Å². The van der Waals surface area contributed by atoms with E-state index >= 15 is 0 Å². The van der Waals surface area contributed by atoms with Crippen molar-refractivity contribution in [3.8, 4) is 0 Å². The number of nitrogens with one attached hydrogen (secondary N) is 1. The zero-order chi connectivity index (χ0) is 24.6. The van der Waals surface area contributed by atoms with Gasteiger partial charge in [-0.2, -0.15) is 0 Å². The van der Waals surface area contributed by atoms with E-state index in [1.54, 1.807) is 13.1 Å². The molecular weight excluding hydrogens is 406 g/mol. The number of nitrogens with zero attached hydrogens (tertiary/aromatic N) is 2. The SMILES string of the molecule is C.C/C(=C\[C@H](C(C)C)N(C)C(=O)CNC=O)C(=O)O.CC(C)C.CC(C)N1CCCCC1. The van der Waals surface area contributed by atoms with Gasteiger partial charge in [0.25, 0.3) is 0 Å².